The monoisotopic (exact) mass is 349 g/mol. The summed E-state index contributed by atoms with van der Waals surface area (Å²) in [5.74, 6) is -0.0736. The lowest BCUT2D eigenvalue weighted by Gasteiger charge is -2.07. The Labute approximate surface area is 145 Å². The molecule has 0 aliphatic carbocycles. The van der Waals surface area contributed by atoms with Crippen LogP contribution >= 0.6 is 11.6 Å². The van der Waals surface area contributed by atoms with Gasteiger partial charge in [0.1, 0.15) is 5.76 Å². The molecule has 2 aromatic rings. The van der Waals surface area contributed by atoms with E-state index in [0.29, 0.717) is 5.69 Å². The summed E-state index contributed by atoms with van der Waals surface area (Å²) in [6.45, 7) is 8.11. The van der Waals surface area contributed by atoms with Crippen molar-refractivity contribution in [2.75, 3.05) is 5.32 Å². The van der Waals surface area contributed by atoms with E-state index in [1.807, 2.05) is 27.7 Å². The minimum absolute atomic E-state index is 0.0168. The SMILES string of the molecule is CC(C)c1cc(C(=O)Nc2ccc(C(=O)O)c(Cl)c2)oc1C(C)C. The van der Waals surface area contributed by atoms with Crippen molar-refractivity contribution in [1.82, 2.24) is 0 Å². The summed E-state index contributed by atoms with van der Waals surface area (Å²) in [5.41, 5.74) is 1.40. The first-order valence-electron chi connectivity index (χ1n) is 7.68. The predicted octanol–water partition coefficient (Wildman–Crippen LogP) is 5.13. The molecule has 0 saturated heterocycles. The molecular formula is C18H20ClNO4. The van der Waals surface area contributed by atoms with Gasteiger partial charge in [0.05, 0.1) is 10.6 Å². The van der Waals surface area contributed by atoms with Gasteiger partial charge in [-0.05, 0) is 35.7 Å². The largest absolute Gasteiger partial charge is 0.478 e. The van der Waals surface area contributed by atoms with E-state index in [0.717, 1.165) is 11.3 Å². The number of rotatable bonds is 5. The third kappa shape index (κ3) is 3.79. The molecule has 0 unspecified atom stereocenters. The Morgan fingerprint density at radius 2 is 1.79 bits per heavy atom. The van der Waals surface area contributed by atoms with E-state index in [4.69, 9.17) is 21.1 Å². The van der Waals surface area contributed by atoms with Gasteiger partial charge in [0.15, 0.2) is 5.76 Å². The summed E-state index contributed by atoms with van der Waals surface area (Å²) in [6.07, 6.45) is 0. The standard InChI is InChI=1S/C18H20ClNO4/c1-9(2)13-8-15(24-16(13)10(3)4)17(21)20-11-5-6-12(18(22)23)14(19)7-11/h5-10H,1-4H3,(H,20,21)(H,22,23). The third-order valence-corrected chi connectivity index (χ3v) is 3.93. The lowest BCUT2D eigenvalue weighted by molar-refractivity contribution is 0.0697. The summed E-state index contributed by atoms with van der Waals surface area (Å²) < 4.78 is 5.72. The number of carboxylic acids is 1. The predicted molar refractivity (Wildman–Crippen MR) is 93.3 cm³/mol. The van der Waals surface area contributed by atoms with Gasteiger partial charge in [-0.1, -0.05) is 39.3 Å². The van der Waals surface area contributed by atoms with Gasteiger partial charge in [-0.3, -0.25) is 4.79 Å². The van der Waals surface area contributed by atoms with Gasteiger partial charge in [0.2, 0.25) is 0 Å². The van der Waals surface area contributed by atoms with E-state index in [1.54, 1.807) is 6.07 Å². The molecule has 1 aromatic heterocycles. The molecule has 128 valence electrons. The molecule has 0 radical (unpaired) electrons. The normalized spacial score (nSPS) is 11.1. The van der Waals surface area contributed by atoms with Crippen LogP contribution in [0.3, 0.4) is 0 Å². The highest BCUT2D eigenvalue weighted by molar-refractivity contribution is 6.33. The molecule has 24 heavy (non-hydrogen) atoms. The molecule has 0 atom stereocenters. The molecule has 1 amide bonds. The number of aromatic carboxylic acids is 1. The smallest absolute Gasteiger partial charge is 0.337 e. The molecule has 0 saturated carbocycles. The number of hydrogen-bond donors (Lipinski definition) is 2. The minimum atomic E-state index is -1.12. The Bertz CT molecular complexity index is 752. The van der Waals surface area contributed by atoms with Crippen molar-refractivity contribution >= 4 is 29.2 Å². The number of carboxylic acid groups (broad SMARTS) is 1. The highest BCUT2D eigenvalue weighted by Gasteiger charge is 2.21. The first-order valence-corrected chi connectivity index (χ1v) is 8.06. The number of amides is 1. The maximum Gasteiger partial charge on any atom is 0.337 e. The van der Waals surface area contributed by atoms with Gasteiger partial charge >= 0.3 is 5.97 Å². The number of carbonyl (C=O) groups excluding carboxylic acids is 1. The van der Waals surface area contributed by atoms with E-state index >= 15 is 0 Å². The Morgan fingerprint density at radius 1 is 1.12 bits per heavy atom. The summed E-state index contributed by atoms with van der Waals surface area (Å²) in [6, 6.07) is 5.99. The van der Waals surface area contributed by atoms with Crippen molar-refractivity contribution < 1.29 is 19.1 Å². The van der Waals surface area contributed by atoms with Crippen molar-refractivity contribution in [3.05, 3.63) is 51.9 Å². The topological polar surface area (TPSA) is 79.5 Å². The molecule has 5 nitrogen and oxygen atoms in total. The molecule has 6 heteroatoms. The average molecular weight is 350 g/mol. The van der Waals surface area contributed by atoms with E-state index in [1.165, 1.54) is 18.2 Å². The van der Waals surface area contributed by atoms with Crippen molar-refractivity contribution in [2.24, 2.45) is 0 Å². The zero-order valence-electron chi connectivity index (χ0n) is 14.0. The first-order chi connectivity index (χ1) is 11.2. The minimum Gasteiger partial charge on any atom is -0.478 e. The maximum absolute atomic E-state index is 12.4. The Hall–Kier alpha value is -2.27. The van der Waals surface area contributed by atoms with E-state index in [2.05, 4.69) is 5.32 Å². The number of halogens is 1. The fourth-order valence-corrected chi connectivity index (χ4v) is 2.65. The highest BCUT2D eigenvalue weighted by Crippen LogP contribution is 2.30. The lowest BCUT2D eigenvalue weighted by Crippen LogP contribution is -2.11. The number of nitrogens with one attached hydrogen (secondary N) is 1. The van der Waals surface area contributed by atoms with E-state index in [9.17, 15) is 9.59 Å². The quantitative estimate of drug-likeness (QED) is 0.784. The summed E-state index contributed by atoms with van der Waals surface area (Å²) in [5, 5.41) is 11.7. The zero-order chi connectivity index (χ0) is 18.0. The third-order valence-electron chi connectivity index (χ3n) is 3.62. The molecule has 0 aliphatic rings. The second-order valence-corrected chi connectivity index (χ2v) is 6.60. The van der Waals surface area contributed by atoms with Crippen LogP contribution in [0.4, 0.5) is 5.69 Å². The highest BCUT2D eigenvalue weighted by atomic mass is 35.5. The van der Waals surface area contributed by atoms with Crippen molar-refractivity contribution in [3.63, 3.8) is 0 Å². The molecule has 2 N–H and O–H groups in total. The molecule has 1 heterocycles. The van der Waals surface area contributed by atoms with Gasteiger partial charge in [0, 0.05) is 11.6 Å². The molecule has 0 fully saturated rings. The molecule has 0 spiro atoms. The van der Waals surface area contributed by atoms with Crippen LogP contribution in [-0.2, 0) is 0 Å². The van der Waals surface area contributed by atoms with Crippen molar-refractivity contribution in [2.45, 2.75) is 39.5 Å². The van der Waals surface area contributed by atoms with Gasteiger partial charge in [-0.2, -0.15) is 0 Å². The van der Waals surface area contributed by atoms with Gasteiger partial charge < -0.3 is 14.8 Å². The van der Waals surface area contributed by atoms with Crippen molar-refractivity contribution in [1.29, 1.82) is 0 Å². The fraction of sp³-hybridized carbons (Fsp3) is 0.333. The summed E-state index contributed by atoms with van der Waals surface area (Å²) >= 11 is 5.91. The van der Waals surface area contributed by atoms with Gasteiger partial charge in [0.25, 0.3) is 5.91 Å². The number of carbonyl (C=O) groups is 2. The number of benzene rings is 1. The van der Waals surface area contributed by atoms with Crippen LogP contribution in [0.15, 0.2) is 28.7 Å². The Kier molecular flexibility index (Phi) is 5.34. The fourth-order valence-electron chi connectivity index (χ4n) is 2.39. The lowest BCUT2D eigenvalue weighted by atomic mass is 9.98. The molecular weight excluding hydrogens is 330 g/mol. The zero-order valence-corrected chi connectivity index (χ0v) is 14.8. The summed E-state index contributed by atoms with van der Waals surface area (Å²) in [7, 11) is 0. The molecule has 0 aliphatic heterocycles. The van der Waals surface area contributed by atoms with Crippen LogP contribution in [-0.4, -0.2) is 17.0 Å². The maximum atomic E-state index is 12.4. The number of anilines is 1. The first kappa shape index (κ1) is 18.1. The van der Waals surface area contributed by atoms with Crippen LogP contribution in [0.2, 0.25) is 5.02 Å². The Morgan fingerprint density at radius 3 is 2.25 bits per heavy atom. The van der Waals surface area contributed by atoms with Crippen LogP contribution < -0.4 is 5.32 Å². The number of furan rings is 1. The van der Waals surface area contributed by atoms with Crippen LogP contribution in [0.25, 0.3) is 0 Å². The van der Waals surface area contributed by atoms with E-state index < -0.39 is 11.9 Å². The second kappa shape index (κ2) is 7.09. The van der Waals surface area contributed by atoms with Gasteiger partial charge in [-0.15, -0.1) is 0 Å². The molecule has 2 rings (SSSR count). The summed E-state index contributed by atoms with van der Waals surface area (Å²) in [4.78, 5) is 23.3. The van der Waals surface area contributed by atoms with E-state index in [-0.39, 0.29) is 28.2 Å². The average Bonchev–Trinajstić information content (AvgIpc) is 2.92. The van der Waals surface area contributed by atoms with Crippen molar-refractivity contribution in [3.8, 4) is 0 Å². The van der Waals surface area contributed by atoms with Gasteiger partial charge in [-0.25, -0.2) is 4.79 Å². The molecule has 1 aromatic carbocycles. The number of hydrogen-bond acceptors (Lipinski definition) is 3. The molecule has 0 bridgehead atoms. The van der Waals surface area contributed by atoms with Crippen LogP contribution in [0, 0.1) is 0 Å². The van der Waals surface area contributed by atoms with Crippen LogP contribution in [0.1, 0.15) is 71.8 Å². The Balaban J connectivity index is 2.26. The second-order valence-electron chi connectivity index (χ2n) is 6.19. The van der Waals surface area contributed by atoms with Crippen LogP contribution in [0.5, 0.6) is 0 Å².